The summed E-state index contributed by atoms with van der Waals surface area (Å²) in [5, 5.41) is 27.8. The van der Waals surface area contributed by atoms with Gasteiger partial charge in [-0.05, 0) is 37.6 Å². The molecule has 0 bridgehead atoms. The van der Waals surface area contributed by atoms with Crippen LogP contribution in [0.1, 0.15) is 30.7 Å². The van der Waals surface area contributed by atoms with Gasteiger partial charge in [0.1, 0.15) is 24.6 Å². The molecule has 1 aromatic carbocycles. The fourth-order valence-electron chi connectivity index (χ4n) is 2.99. The Kier molecular flexibility index (Phi) is 8.62. The van der Waals surface area contributed by atoms with Crippen molar-refractivity contribution in [3.8, 4) is 0 Å². The molecule has 2 aromatic heterocycles. The molecule has 2 heterocycles. The molecule has 0 atom stereocenters. The average molecular weight is 469 g/mol. The summed E-state index contributed by atoms with van der Waals surface area (Å²) in [5.41, 5.74) is 10.1. The number of nitrogens with two attached hydrogens (primary N) is 2. The highest BCUT2D eigenvalue weighted by molar-refractivity contribution is 6.00. The standard InChI is InChI=1S/C22H28N8O4/c1-14(28-33-7-5-31)18-10-17-9-16(3-4-19(17)25-11-18)13-30(24)22-21(23)26-12-20(27-22)15(2)29-34-8-6-32/h3-4,9-12,31-32H,5-8,13,24H2,1-2H3,(H2,23,26). The van der Waals surface area contributed by atoms with E-state index in [9.17, 15) is 0 Å². The van der Waals surface area contributed by atoms with E-state index in [1.54, 1.807) is 20.0 Å². The van der Waals surface area contributed by atoms with E-state index in [2.05, 4.69) is 25.3 Å². The number of hydrazine groups is 1. The van der Waals surface area contributed by atoms with E-state index in [0.717, 1.165) is 22.0 Å². The van der Waals surface area contributed by atoms with E-state index in [1.165, 1.54) is 11.2 Å². The second kappa shape index (κ2) is 11.8. The molecule has 0 fully saturated rings. The number of aliphatic hydroxyl groups is 2. The molecule has 34 heavy (non-hydrogen) atoms. The highest BCUT2D eigenvalue weighted by Crippen LogP contribution is 2.21. The van der Waals surface area contributed by atoms with Gasteiger partial charge in [0.25, 0.3) is 0 Å². The molecule has 3 rings (SSSR count). The zero-order chi connectivity index (χ0) is 24.5. The molecule has 0 aliphatic carbocycles. The largest absolute Gasteiger partial charge is 0.393 e. The maximum absolute atomic E-state index is 8.82. The Hall–Kier alpha value is -3.87. The van der Waals surface area contributed by atoms with Crippen molar-refractivity contribution in [2.24, 2.45) is 16.2 Å². The monoisotopic (exact) mass is 468 g/mol. The molecular weight excluding hydrogens is 440 g/mol. The Morgan fingerprint density at radius 2 is 1.71 bits per heavy atom. The van der Waals surface area contributed by atoms with Crippen LogP contribution in [0.2, 0.25) is 0 Å². The van der Waals surface area contributed by atoms with Crippen molar-refractivity contribution in [2.75, 3.05) is 37.2 Å². The van der Waals surface area contributed by atoms with Gasteiger partial charge in [-0.2, -0.15) is 0 Å². The van der Waals surface area contributed by atoms with Gasteiger partial charge in [0.05, 0.1) is 37.2 Å². The molecule has 12 heteroatoms. The third-order valence-electron chi connectivity index (χ3n) is 4.71. The summed E-state index contributed by atoms with van der Waals surface area (Å²) in [6, 6.07) is 7.74. The SMILES string of the molecule is CC(=NOCCO)c1cnc2ccc(CN(N)c3nc(C(C)=NOCCO)cnc3N)cc2c1. The predicted octanol–water partition coefficient (Wildman–Crippen LogP) is 0.953. The van der Waals surface area contributed by atoms with Crippen LogP contribution in [0.3, 0.4) is 0 Å². The number of hydrogen-bond acceptors (Lipinski definition) is 12. The van der Waals surface area contributed by atoms with Gasteiger partial charge in [0, 0.05) is 17.1 Å². The van der Waals surface area contributed by atoms with Crippen LogP contribution in [0, 0.1) is 0 Å². The van der Waals surface area contributed by atoms with Crippen LogP contribution in [0.15, 0.2) is 47.0 Å². The van der Waals surface area contributed by atoms with Crippen LogP contribution in [-0.4, -0.2) is 63.0 Å². The van der Waals surface area contributed by atoms with Crippen molar-refractivity contribution < 1.29 is 19.9 Å². The van der Waals surface area contributed by atoms with E-state index in [0.29, 0.717) is 29.5 Å². The lowest BCUT2D eigenvalue weighted by molar-refractivity contribution is 0.0986. The summed E-state index contributed by atoms with van der Waals surface area (Å²) in [5.74, 6) is 6.76. The molecular formula is C22H28N8O4. The maximum atomic E-state index is 8.82. The van der Waals surface area contributed by atoms with Gasteiger partial charge in [0.2, 0.25) is 0 Å². The van der Waals surface area contributed by atoms with E-state index in [-0.39, 0.29) is 32.2 Å². The first-order valence-corrected chi connectivity index (χ1v) is 10.5. The van der Waals surface area contributed by atoms with Crippen molar-refractivity contribution in [2.45, 2.75) is 20.4 Å². The van der Waals surface area contributed by atoms with E-state index in [4.69, 9.17) is 31.5 Å². The van der Waals surface area contributed by atoms with Gasteiger partial charge < -0.3 is 25.6 Å². The van der Waals surface area contributed by atoms with Gasteiger partial charge in [-0.1, -0.05) is 16.4 Å². The fourth-order valence-corrected chi connectivity index (χ4v) is 2.99. The normalized spacial score (nSPS) is 12.1. The van der Waals surface area contributed by atoms with Crippen molar-refractivity contribution in [3.63, 3.8) is 0 Å². The summed E-state index contributed by atoms with van der Waals surface area (Å²) in [4.78, 5) is 23.1. The molecule has 0 radical (unpaired) electrons. The Morgan fingerprint density at radius 3 is 2.41 bits per heavy atom. The summed E-state index contributed by atoms with van der Waals surface area (Å²) in [7, 11) is 0. The first kappa shape index (κ1) is 24.8. The zero-order valence-corrected chi connectivity index (χ0v) is 19.0. The number of benzene rings is 1. The van der Waals surface area contributed by atoms with Crippen LogP contribution >= 0.6 is 0 Å². The Labute approximate surface area is 196 Å². The molecule has 0 aliphatic heterocycles. The van der Waals surface area contributed by atoms with Crippen molar-refractivity contribution in [1.29, 1.82) is 0 Å². The molecule has 6 N–H and O–H groups in total. The van der Waals surface area contributed by atoms with Gasteiger partial charge in [-0.25, -0.2) is 15.8 Å². The smallest absolute Gasteiger partial charge is 0.186 e. The van der Waals surface area contributed by atoms with E-state index in [1.807, 2.05) is 24.3 Å². The highest BCUT2D eigenvalue weighted by Gasteiger charge is 2.14. The van der Waals surface area contributed by atoms with Crippen LogP contribution in [-0.2, 0) is 16.2 Å². The predicted molar refractivity (Wildman–Crippen MR) is 129 cm³/mol. The maximum Gasteiger partial charge on any atom is 0.186 e. The van der Waals surface area contributed by atoms with Gasteiger partial charge in [-0.3, -0.25) is 9.99 Å². The summed E-state index contributed by atoms with van der Waals surface area (Å²) in [6.45, 7) is 3.78. The van der Waals surface area contributed by atoms with Crippen LogP contribution in [0.5, 0.6) is 0 Å². The van der Waals surface area contributed by atoms with E-state index < -0.39 is 0 Å². The van der Waals surface area contributed by atoms with E-state index >= 15 is 0 Å². The summed E-state index contributed by atoms with van der Waals surface area (Å²) >= 11 is 0. The first-order valence-electron chi connectivity index (χ1n) is 10.5. The second-order valence-electron chi connectivity index (χ2n) is 7.31. The Balaban J connectivity index is 1.81. The minimum atomic E-state index is -0.140. The molecule has 0 spiro atoms. The molecule has 0 amide bonds. The molecule has 12 nitrogen and oxygen atoms in total. The van der Waals surface area contributed by atoms with Crippen LogP contribution < -0.4 is 16.6 Å². The number of nitrogen functional groups attached to an aromatic ring is 1. The molecule has 0 saturated carbocycles. The third kappa shape index (κ3) is 6.34. The van der Waals surface area contributed by atoms with Gasteiger partial charge in [0.15, 0.2) is 11.6 Å². The summed E-state index contributed by atoms with van der Waals surface area (Å²) < 4.78 is 0. The first-order chi connectivity index (χ1) is 16.4. The number of aromatic nitrogens is 3. The fraction of sp³-hybridized carbons (Fsp3) is 0.318. The number of rotatable bonds is 11. The molecule has 3 aromatic rings. The lowest BCUT2D eigenvalue weighted by Crippen LogP contribution is -2.32. The third-order valence-corrected chi connectivity index (χ3v) is 4.71. The lowest BCUT2D eigenvalue weighted by Gasteiger charge is -2.19. The molecule has 0 aliphatic rings. The highest BCUT2D eigenvalue weighted by atomic mass is 16.6. The minimum Gasteiger partial charge on any atom is -0.393 e. The topological polar surface area (TPSA) is 178 Å². The number of anilines is 2. The van der Waals surface area contributed by atoms with Crippen molar-refractivity contribution in [1.82, 2.24) is 15.0 Å². The quantitative estimate of drug-likeness (QED) is 0.137. The summed E-state index contributed by atoms with van der Waals surface area (Å²) in [6.07, 6.45) is 3.19. The molecule has 0 unspecified atom stereocenters. The van der Waals surface area contributed by atoms with Crippen LogP contribution in [0.25, 0.3) is 10.9 Å². The van der Waals surface area contributed by atoms with Crippen LogP contribution in [0.4, 0.5) is 11.6 Å². The zero-order valence-electron chi connectivity index (χ0n) is 19.0. The number of pyridine rings is 1. The Bertz CT molecular complexity index is 1180. The lowest BCUT2D eigenvalue weighted by atomic mass is 10.1. The van der Waals surface area contributed by atoms with Crippen molar-refractivity contribution in [3.05, 3.63) is 53.5 Å². The number of nitrogens with zero attached hydrogens (tertiary/aromatic N) is 6. The average Bonchev–Trinajstić information content (AvgIpc) is 2.84. The minimum absolute atomic E-state index is 0.0786. The van der Waals surface area contributed by atoms with Crippen molar-refractivity contribution >= 4 is 34.0 Å². The number of fused-ring (bicyclic) bond motifs is 1. The number of hydrogen-bond donors (Lipinski definition) is 4. The Morgan fingerprint density at radius 1 is 1.00 bits per heavy atom. The molecule has 180 valence electrons. The molecule has 0 saturated heterocycles. The van der Waals surface area contributed by atoms with Gasteiger partial charge in [-0.15, -0.1) is 0 Å². The number of oxime groups is 2. The van der Waals surface area contributed by atoms with Gasteiger partial charge >= 0.3 is 0 Å². The second-order valence-corrected chi connectivity index (χ2v) is 7.31. The number of aliphatic hydroxyl groups excluding tert-OH is 2.